The first kappa shape index (κ1) is 16.6. The van der Waals surface area contributed by atoms with E-state index in [4.69, 9.17) is 0 Å². The number of imide groups is 2. The minimum atomic E-state index is -1.20. The summed E-state index contributed by atoms with van der Waals surface area (Å²) in [5, 5.41) is 2.29. The van der Waals surface area contributed by atoms with Gasteiger partial charge in [-0.05, 0) is 40.3 Å². The molecule has 1 atom stereocenters. The lowest BCUT2D eigenvalue weighted by Crippen LogP contribution is -2.65. The molecule has 0 bridgehead atoms. The smallest absolute Gasteiger partial charge is 0.307 e. The Balaban J connectivity index is 3.07. The Hall–Kier alpha value is -1.43. The molecule has 0 spiro atoms. The highest BCUT2D eigenvalue weighted by Gasteiger charge is 2.49. The molecule has 1 fully saturated rings. The molecule has 1 unspecified atom stereocenters. The van der Waals surface area contributed by atoms with Crippen molar-refractivity contribution >= 4 is 17.8 Å². The fraction of sp³-hybridized carbons (Fsp3) is 0.786. The van der Waals surface area contributed by atoms with Gasteiger partial charge in [-0.3, -0.25) is 19.8 Å². The van der Waals surface area contributed by atoms with Crippen LogP contribution in [0.1, 0.15) is 34.1 Å². The largest absolute Gasteiger partial charge is 0.331 e. The first-order chi connectivity index (χ1) is 9.07. The van der Waals surface area contributed by atoms with Crippen LogP contribution in [0.3, 0.4) is 0 Å². The lowest BCUT2D eigenvalue weighted by Gasteiger charge is -2.40. The molecule has 0 aromatic rings. The van der Waals surface area contributed by atoms with Gasteiger partial charge in [-0.15, -0.1) is 0 Å². The number of nitrogens with zero attached hydrogens (tertiary/aromatic N) is 2. The van der Waals surface area contributed by atoms with E-state index in [9.17, 15) is 14.4 Å². The van der Waals surface area contributed by atoms with Crippen molar-refractivity contribution in [2.45, 2.75) is 40.2 Å². The number of nitrogens with one attached hydrogen (secondary N) is 1. The standard InChI is InChI=1S/C14H25N3O3/c1-9(2)7-10(8-16(5)6)17-12(19)14(3,4)11(18)15-13(17)20/h9-10H,7-8H2,1-6H3,(H,15,18,20). The number of carbonyl (C=O) groups excluding carboxylic acids is 3. The highest BCUT2D eigenvalue weighted by molar-refractivity contribution is 6.18. The van der Waals surface area contributed by atoms with Gasteiger partial charge in [-0.2, -0.15) is 0 Å². The van der Waals surface area contributed by atoms with Crippen molar-refractivity contribution in [1.29, 1.82) is 0 Å². The summed E-state index contributed by atoms with van der Waals surface area (Å²) in [5.41, 5.74) is -1.20. The van der Waals surface area contributed by atoms with Crippen LogP contribution in [0.2, 0.25) is 0 Å². The monoisotopic (exact) mass is 283 g/mol. The SMILES string of the molecule is CC(C)CC(CN(C)C)N1C(=O)NC(=O)C(C)(C)C1=O. The minimum Gasteiger partial charge on any atom is -0.307 e. The molecular weight excluding hydrogens is 258 g/mol. The van der Waals surface area contributed by atoms with Crippen LogP contribution < -0.4 is 5.32 Å². The van der Waals surface area contributed by atoms with Gasteiger partial charge in [0.1, 0.15) is 5.41 Å². The van der Waals surface area contributed by atoms with Crippen LogP contribution in [0, 0.1) is 11.3 Å². The second kappa shape index (κ2) is 5.91. The van der Waals surface area contributed by atoms with Crippen LogP contribution in [0.5, 0.6) is 0 Å². The summed E-state index contributed by atoms with van der Waals surface area (Å²) in [4.78, 5) is 39.5. The molecule has 114 valence electrons. The Morgan fingerprint density at radius 3 is 2.20 bits per heavy atom. The minimum absolute atomic E-state index is 0.232. The third kappa shape index (κ3) is 3.36. The third-order valence-electron chi connectivity index (χ3n) is 3.44. The van der Waals surface area contributed by atoms with Gasteiger partial charge >= 0.3 is 6.03 Å². The molecule has 0 radical (unpaired) electrons. The van der Waals surface area contributed by atoms with Crippen molar-refractivity contribution in [2.24, 2.45) is 11.3 Å². The third-order valence-corrected chi connectivity index (χ3v) is 3.44. The van der Waals surface area contributed by atoms with Crippen molar-refractivity contribution in [3.05, 3.63) is 0 Å². The molecule has 1 aliphatic heterocycles. The highest BCUT2D eigenvalue weighted by Crippen LogP contribution is 2.27. The number of hydrogen-bond acceptors (Lipinski definition) is 4. The van der Waals surface area contributed by atoms with Crippen LogP contribution in [0.25, 0.3) is 0 Å². The highest BCUT2D eigenvalue weighted by atomic mass is 16.2. The molecular formula is C14H25N3O3. The molecule has 20 heavy (non-hydrogen) atoms. The summed E-state index contributed by atoms with van der Waals surface area (Å²) < 4.78 is 0. The maximum atomic E-state index is 12.5. The predicted molar refractivity (Wildman–Crippen MR) is 76.0 cm³/mol. The van der Waals surface area contributed by atoms with E-state index < -0.39 is 23.3 Å². The molecule has 0 aromatic heterocycles. The van der Waals surface area contributed by atoms with E-state index in [0.29, 0.717) is 18.9 Å². The lowest BCUT2D eigenvalue weighted by atomic mass is 9.87. The molecule has 1 rings (SSSR count). The van der Waals surface area contributed by atoms with Crippen LogP contribution in [0.15, 0.2) is 0 Å². The first-order valence-electron chi connectivity index (χ1n) is 6.91. The number of barbiturate groups is 1. The van der Waals surface area contributed by atoms with Crippen LogP contribution >= 0.6 is 0 Å². The quantitative estimate of drug-likeness (QED) is 0.766. The van der Waals surface area contributed by atoms with Gasteiger partial charge in [-0.25, -0.2) is 4.79 Å². The first-order valence-corrected chi connectivity index (χ1v) is 6.91. The summed E-state index contributed by atoms with van der Waals surface area (Å²) in [7, 11) is 3.80. The lowest BCUT2D eigenvalue weighted by molar-refractivity contribution is -0.150. The summed E-state index contributed by atoms with van der Waals surface area (Å²) >= 11 is 0. The second-order valence-electron chi connectivity index (χ2n) is 6.61. The van der Waals surface area contributed by atoms with E-state index in [0.717, 1.165) is 0 Å². The molecule has 6 nitrogen and oxygen atoms in total. The van der Waals surface area contributed by atoms with Crippen molar-refractivity contribution in [3.63, 3.8) is 0 Å². The molecule has 1 aliphatic rings. The number of hydrogen-bond donors (Lipinski definition) is 1. The second-order valence-corrected chi connectivity index (χ2v) is 6.61. The zero-order valence-electron chi connectivity index (χ0n) is 13.2. The predicted octanol–water partition coefficient (Wildman–Crippen LogP) is 1.07. The van der Waals surface area contributed by atoms with Gasteiger partial charge in [0, 0.05) is 6.54 Å². The summed E-state index contributed by atoms with van der Waals surface area (Å²) in [6.07, 6.45) is 0.710. The fourth-order valence-electron chi connectivity index (χ4n) is 2.36. The Bertz CT molecular complexity index is 406. The number of amides is 4. The molecule has 1 N–H and O–H groups in total. The van der Waals surface area contributed by atoms with Gasteiger partial charge < -0.3 is 4.90 Å². The Morgan fingerprint density at radius 1 is 1.20 bits per heavy atom. The molecule has 0 aromatic carbocycles. The van der Waals surface area contributed by atoms with Crippen molar-refractivity contribution in [2.75, 3.05) is 20.6 Å². The van der Waals surface area contributed by atoms with Crippen LogP contribution in [-0.2, 0) is 9.59 Å². The van der Waals surface area contributed by atoms with E-state index >= 15 is 0 Å². The van der Waals surface area contributed by atoms with Crippen molar-refractivity contribution in [1.82, 2.24) is 15.1 Å². The van der Waals surface area contributed by atoms with E-state index in [1.807, 2.05) is 32.8 Å². The average Bonchev–Trinajstić information content (AvgIpc) is 2.25. The number of urea groups is 1. The summed E-state index contributed by atoms with van der Waals surface area (Å²) in [6.45, 7) is 7.77. The topological polar surface area (TPSA) is 69.7 Å². The van der Waals surface area contributed by atoms with Gasteiger partial charge in [0.2, 0.25) is 11.8 Å². The fourth-order valence-corrected chi connectivity index (χ4v) is 2.36. The Morgan fingerprint density at radius 2 is 1.75 bits per heavy atom. The van der Waals surface area contributed by atoms with Gasteiger partial charge in [-0.1, -0.05) is 13.8 Å². The van der Waals surface area contributed by atoms with Crippen LogP contribution in [-0.4, -0.2) is 54.3 Å². The van der Waals surface area contributed by atoms with Crippen LogP contribution in [0.4, 0.5) is 4.79 Å². The average molecular weight is 283 g/mol. The van der Waals surface area contributed by atoms with Gasteiger partial charge in [0.15, 0.2) is 0 Å². The summed E-state index contributed by atoms with van der Waals surface area (Å²) in [5.74, 6) is -0.600. The van der Waals surface area contributed by atoms with Crippen molar-refractivity contribution < 1.29 is 14.4 Å². The van der Waals surface area contributed by atoms with E-state index in [1.54, 1.807) is 13.8 Å². The van der Waals surface area contributed by atoms with E-state index in [2.05, 4.69) is 5.32 Å². The molecule has 4 amide bonds. The van der Waals surface area contributed by atoms with Gasteiger partial charge in [0.25, 0.3) is 0 Å². The maximum absolute atomic E-state index is 12.5. The molecule has 1 saturated heterocycles. The van der Waals surface area contributed by atoms with Crippen molar-refractivity contribution in [3.8, 4) is 0 Å². The zero-order chi connectivity index (χ0) is 15.7. The molecule has 1 heterocycles. The van der Waals surface area contributed by atoms with Gasteiger partial charge in [0.05, 0.1) is 6.04 Å². The Kier molecular flexibility index (Phi) is 4.91. The number of carbonyl (C=O) groups is 3. The summed E-state index contributed by atoms with van der Waals surface area (Å²) in [6, 6.07) is -0.836. The molecule has 0 aliphatic carbocycles. The van der Waals surface area contributed by atoms with E-state index in [-0.39, 0.29) is 6.04 Å². The zero-order valence-corrected chi connectivity index (χ0v) is 13.2. The van der Waals surface area contributed by atoms with E-state index in [1.165, 1.54) is 4.90 Å². The number of rotatable bonds is 5. The number of likely N-dealkylation sites (N-methyl/N-ethyl adjacent to an activating group) is 1. The maximum Gasteiger partial charge on any atom is 0.331 e. The molecule has 6 heteroatoms. The molecule has 0 saturated carbocycles. The Labute approximate surface area is 120 Å². The normalized spacial score (nSPS) is 20.6.